The van der Waals surface area contributed by atoms with Crippen molar-refractivity contribution in [1.29, 1.82) is 0 Å². The van der Waals surface area contributed by atoms with Gasteiger partial charge in [0.25, 0.3) is 5.95 Å². The molecule has 0 unspecified atom stereocenters. The van der Waals surface area contributed by atoms with Gasteiger partial charge in [0.2, 0.25) is 0 Å². The van der Waals surface area contributed by atoms with E-state index in [0.29, 0.717) is 0 Å². The third-order valence-electron chi connectivity index (χ3n) is 0.683. The van der Waals surface area contributed by atoms with Crippen molar-refractivity contribution >= 4 is 43.9 Å². The predicted octanol–water partition coefficient (Wildman–Crippen LogP) is -0.471. The summed E-state index contributed by atoms with van der Waals surface area (Å²) in [5, 5.41) is 8.00. The van der Waals surface area contributed by atoms with Crippen LogP contribution < -0.4 is 4.74 Å². The van der Waals surface area contributed by atoms with Crippen LogP contribution in [0.1, 0.15) is 2.85 Å². The van der Waals surface area contributed by atoms with E-state index in [0.717, 1.165) is 0 Å². The zero-order chi connectivity index (χ0) is 6.69. The summed E-state index contributed by atoms with van der Waals surface area (Å²) in [6, 6.07) is 2.95. The van der Waals surface area contributed by atoms with Crippen LogP contribution in [0.3, 0.4) is 0 Å². The number of ether oxygens (including phenoxy) is 1. The standard InChI is InChI=1S/C5H4O4.Ca.2H2O.Zn.2H/c6-5(7)9-4-2-1-3-8-4;;;;;;/h1-3H,(H,6,7);;2*1H2;;;/q;+2;;;;2*-1. The van der Waals surface area contributed by atoms with Gasteiger partial charge in [-0.2, -0.15) is 0 Å². The summed E-state index contributed by atoms with van der Waals surface area (Å²) in [4.78, 5) is 9.78. The Morgan fingerprint density at radius 1 is 1.54 bits per heavy atom. The fraction of sp³-hybridized carbons (Fsp3) is 0. The molecule has 0 amide bonds. The van der Waals surface area contributed by atoms with Gasteiger partial charge < -0.3 is 28.1 Å². The third-order valence-corrected chi connectivity index (χ3v) is 0.683. The largest absolute Gasteiger partial charge is 2.00 e. The quantitative estimate of drug-likeness (QED) is 0.548. The Hall–Kier alpha value is 0.353. The summed E-state index contributed by atoms with van der Waals surface area (Å²) < 4.78 is 8.65. The molecule has 0 saturated heterocycles. The maximum absolute atomic E-state index is 9.78. The molecule has 0 radical (unpaired) electrons. The molecule has 1 rings (SSSR count). The Bertz CT molecular complexity index is 209. The van der Waals surface area contributed by atoms with Crippen LogP contribution in [-0.4, -0.2) is 60.0 Å². The minimum absolute atomic E-state index is 0. The number of rotatable bonds is 1. The predicted molar refractivity (Wildman–Crippen MR) is 42.6 cm³/mol. The Balaban J connectivity index is -0.0000000337. The van der Waals surface area contributed by atoms with Crippen molar-refractivity contribution in [3.63, 3.8) is 0 Å². The Morgan fingerprint density at radius 2 is 2.08 bits per heavy atom. The van der Waals surface area contributed by atoms with Crippen molar-refractivity contribution in [2.24, 2.45) is 0 Å². The Kier molecular flexibility index (Phi) is 22.1. The number of hydrogen-bond acceptors (Lipinski definition) is 3. The van der Waals surface area contributed by atoms with Gasteiger partial charge in [-0.25, -0.2) is 4.79 Å². The molecule has 5 N–H and O–H groups in total. The first-order chi connectivity index (χ1) is 4.29. The van der Waals surface area contributed by atoms with E-state index in [4.69, 9.17) is 5.11 Å². The molecular weight excluding hydrogens is 262 g/mol. The zero-order valence-electron chi connectivity index (χ0n) is 8.82. The van der Waals surface area contributed by atoms with Crippen LogP contribution in [0.5, 0.6) is 5.95 Å². The van der Waals surface area contributed by atoms with Crippen molar-refractivity contribution in [3.8, 4) is 5.95 Å². The molecule has 8 heteroatoms. The molecule has 0 saturated carbocycles. The molecule has 0 spiro atoms. The second-order valence-electron chi connectivity index (χ2n) is 1.30. The second kappa shape index (κ2) is 12.4. The molecule has 0 aromatic carbocycles. The molecule has 1 aromatic heterocycles. The fourth-order valence-electron chi connectivity index (χ4n) is 0.408. The topological polar surface area (TPSA) is 123 Å². The van der Waals surface area contributed by atoms with E-state index in [2.05, 4.69) is 9.15 Å². The Morgan fingerprint density at radius 3 is 2.38 bits per heavy atom. The van der Waals surface area contributed by atoms with E-state index in [9.17, 15) is 4.79 Å². The van der Waals surface area contributed by atoms with Crippen molar-refractivity contribution in [2.75, 3.05) is 0 Å². The summed E-state index contributed by atoms with van der Waals surface area (Å²) in [6.45, 7) is 0. The van der Waals surface area contributed by atoms with Crippen LogP contribution in [0.15, 0.2) is 22.8 Å². The van der Waals surface area contributed by atoms with E-state index < -0.39 is 6.16 Å². The molecule has 0 aliphatic carbocycles. The summed E-state index contributed by atoms with van der Waals surface area (Å²) >= 11 is 0. The minimum atomic E-state index is -1.37. The Labute approximate surface area is 120 Å². The summed E-state index contributed by atoms with van der Waals surface area (Å²) in [6.07, 6.45) is -0.0388. The molecule has 0 atom stereocenters. The van der Waals surface area contributed by atoms with Crippen molar-refractivity contribution in [3.05, 3.63) is 18.4 Å². The molecular formula is C5H10CaO6Zn. The monoisotopic (exact) mass is 270 g/mol. The van der Waals surface area contributed by atoms with Gasteiger partial charge in [0.1, 0.15) is 0 Å². The van der Waals surface area contributed by atoms with E-state index >= 15 is 0 Å². The fourth-order valence-corrected chi connectivity index (χ4v) is 0.408. The molecule has 0 bridgehead atoms. The SMILES string of the molecule is O.O.O=C(O)Oc1ccco1.[Ca+2].[H-].[H-].[Zn]. The second-order valence-corrected chi connectivity index (χ2v) is 1.30. The normalized spacial score (nSPS) is 6.15. The molecule has 1 aromatic rings. The average molecular weight is 272 g/mol. The molecule has 0 aliphatic heterocycles. The van der Waals surface area contributed by atoms with Gasteiger partial charge in [0, 0.05) is 25.5 Å². The molecule has 6 nitrogen and oxygen atoms in total. The van der Waals surface area contributed by atoms with E-state index in [1.54, 1.807) is 0 Å². The minimum Gasteiger partial charge on any atom is -1.00 e. The van der Waals surface area contributed by atoms with Gasteiger partial charge in [-0.15, -0.1) is 0 Å². The smallest absolute Gasteiger partial charge is 1.00 e. The third kappa shape index (κ3) is 10.3. The van der Waals surface area contributed by atoms with Gasteiger partial charge in [-0.1, -0.05) is 0 Å². The van der Waals surface area contributed by atoms with E-state index in [-0.39, 0.29) is 77.0 Å². The van der Waals surface area contributed by atoms with Crippen LogP contribution in [-0.2, 0) is 19.5 Å². The summed E-state index contributed by atoms with van der Waals surface area (Å²) in [5.41, 5.74) is 0. The first-order valence-electron chi connectivity index (χ1n) is 2.23. The van der Waals surface area contributed by atoms with E-state index in [1.165, 1.54) is 18.4 Å². The van der Waals surface area contributed by atoms with Crippen molar-refractivity contribution in [1.82, 2.24) is 0 Å². The van der Waals surface area contributed by atoms with E-state index in [1.807, 2.05) is 0 Å². The molecule has 70 valence electrons. The van der Waals surface area contributed by atoms with Gasteiger partial charge in [0.05, 0.1) is 6.26 Å². The summed E-state index contributed by atoms with van der Waals surface area (Å²) in [7, 11) is 0. The maximum Gasteiger partial charge on any atom is 2.00 e. The first kappa shape index (κ1) is 23.3. The van der Waals surface area contributed by atoms with Crippen molar-refractivity contribution < 1.29 is 52.3 Å². The zero-order valence-corrected chi connectivity index (χ0v) is 12.0. The molecule has 0 aliphatic rings. The van der Waals surface area contributed by atoms with Gasteiger partial charge >= 0.3 is 43.9 Å². The van der Waals surface area contributed by atoms with Gasteiger partial charge in [-0.05, 0) is 6.07 Å². The molecule has 0 fully saturated rings. The number of hydrogen-bond donors (Lipinski definition) is 1. The molecule has 1 heterocycles. The van der Waals surface area contributed by atoms with Crippen LogP contribution in [0.25, 0.3) is 0 Å². The first-order valence-corrected chi connectivity index (χ1v) is 2.23. The van der Waals surface area contributed by atoms with Crippen LogP contribution in [0, 0.1) is 0 Å². The van der Waals surface area contributed by atoms with Crippen LogP contribution in [0.2, 0.25) is 0 Å². The van der Waals surface area contributed by atoms with Crippen LogP contribution >= 0.6 is 0 Å². The average Bonchev–Trinajstić information content (AvgIpc) is 2.15. The maximum atomic E-state index is 9.78. The van der Waals surface area contributed by atoms with Crippen molar-refractivity contribution in [2.45, 2.75) is 0 Å². The number of carbonyl (C=O) groups is 1. The van der Waals surface area contributed by atoms with Gasteiger partial charge in [-0.3, -0.25) is 0 Å². The molecule has 13 heavy (non-hydrogen) atoms. The number of furan rings is 1. The summed E-state index contributed by atoms with van der Waals surface area (Å²) in [5.74, 6) is -0.0116. The van der Waals surface area contributed by atoms with Gasteiger partial charge in [0.15, 0.2) is 0 Å². The van der Waals surface area contributed by atoms with Crippen LogP contribution in [0.4, 0.5) is 4.79 Å². The number of carboxylic acid groups (broad SMARTS) is 1.